The van der Waals surface area contributed by atoms with Crippen molar-refractivity contribution in [2.24, 2.45) is 23.7 Å². The average Bonchev–Trinajstić information content (AvgIpc) is 4.34. The molecule has 0 radical (unpaired) electrons. The largest absolute Gasteiger partial charge is 0.382 e. The molecule has 5 aromatic rings. The number of amides is 7. The van der Waals surface area contributed by atoms with Gasteiger partial charge in [-0.1, -0.05) is 35.6 Å². The quantitative estimate of drug-likeness (QED) is 0.0386. The third-order valence-electron chi connectivity index (χ3n) is 14.0. The number of nitrogens with one attached hydrogen (secondary N) is 3. The molecule has 2 aliphatic carbocycles. The number of benzene rings is 3. The van der Waals surface area contributed by atoms with Crippen molar-refractivity contribution in [2.75, 3.05) is 94.8 Å². The molecule has 1 saturated carbocycles. The molecule has 5 atom stereocenters. The molecule has 5 heterocycles. The Morgan fingerprint density at radius 1 is 0.697 bits per heavy atom. The van der Waals surface area contributed by atoms with Gasteiger partial charge in [0.2, 0.25) is 23.6 Å². The zero-order valence-electron chi connectivity index (χ0n) is 41.6. The van der Waals surface area contributed by atoms with Crippen molar-refractivity contribution in [2.45, 2.75) is 38.5 Å². The van der Waals surface area contributed by atoms with E-state index >= 15 is 0 Å². The first-order valence-corrected chi connectivity index (χ1v) is 25.4. The van der Waals surface area contributed by atoms with Crippen molar-refractivity contribution in [3.8, 4) is 0 Å². The second-order valence-electron chi connectivity index (χ2n) is 18.8. The van der Waals surface area contributed by atoms with Crippen LogP contribution in [0.3, 0.4) is 0 Å². The molecule has 396 valence electrons. The topological polar surface area (TPSA) is 261 Å². The number of pyridine rings is 1. The Morgan fingerprint density at radius 3 is 2.00 bits per heavy atom. The summed E-state index contributed by atoms with van der Waals surface area (Å²) in [6.45, 7) is 5.19. The van der Waals surface area contributed by atoms with Gasteiger partial charge >= 0.3 is 0 Å². The number of nitrogens with zero attached hydrogens (tertiary/aromatic N) is 6. The second kappa shape index (κ2) is 23.9. The van der Waals surface area contributed by atoms with Gasteiger partial charge in [-0.15, -0.1) is 5.10 Å². The molecule has 5 aliphatic rings. The first-order chi connectivity index (χ1) is 37.1. The highest BCUT2D eigenvalue weighted by Gasteiger charge is 2.59. The van der Waals surface area contributed by atoms with Crippen molar-refractivity contribution in [3.05, 3.63) is 119 Å². The smallest absolute Gasteiger partial charge is 0.264 e. The van der Waals surface area contributed by atoms with Crippen molar-refractivity contribution in [1.82, 2.24) is 30.2 Å². The number of hydrogen-bond acceptors (Lipinski definition) is 17. The van der Waals surface area contributed by atoms with E-state index in [4.69, 9.17) is 28.4 Å². The Morgan fingerprint density at radius 2 is 1.33 bits per heavy atom. The lowest BCUT2D eigenvalue weighted by atomic mass is 9.85. The summed E-state index contributed by atoms with van der Waals surface area (Å²) in [5, 5.41) is 17.7. The van der Waals surface area contributed by atoms with Gasteiger partial charge in [-0.25, -0.2) is 4.68 Å². The zero-order valence-corrected chi connectivity index (χ0v) is 41.6. The molecule has 22 heteroatoms. The molecular weight excluding hydrogens is 983 g/mol. The van der Waals surface area contributed by atoms with E-state index < -0.39 is 29.7 Å². The molecule has 3 aromatic carbocycles. The van der Waals surface area contributed by atoms with E-state index in [0.717, 1.165) is 22.3 Å². The normalized spacial score (nSPS) is 20.6. The van der Waals surface area contributed by atoms with Crippen LogP contribution in [-0.4, -0.2) is 151 Å². The molecule has 2 saturated heterocycles. The van der Waals surface area contributed by atoms with E-state index in [0.29, 0.717) is 120 Å². The van der Waals surface area contributed by atoms with Crippen molar-refractivity contribution in [1.29, 1.82) is 0 Å². The molecule has 3 fully saturated rings. The minimum atomic E-state index is -1.03. The fourth-order valence-electron chi connectivity index (χ4n) is 10.4. The minimum Gasteiger partial charge on any atom is -0.382 e. The molecule has 3 aliphatic heterocycles. The van der Waals surface area contributed by atoms with E-state index in [-0.39, 0.29) is 72.0 Å². The van der Waals surface area contributed by atoms with Gasteiger partial charge in [-0.3, -0.25) is 53.7 Å². The summed E-state index contributed by atoms with van der Waals surface area (Å²) in [5.74, 6) is -3.22. The highest BCUT2D eigenvalue weighted by Crippen LogP contribution is 2.53. The third kappa shape index (κ3) is 11.3. The standard InChI is InChI=1S/C54H57N9O13/c64-44-14-13-43(50(66)58-44)63-51(67)40-4-2-5-41(47(40)54(63)70)55-17-18-71-19-20-72-21-22-73-23-24-74-25-26-75-27-28-76-32-37-31-61(60-59-37)30-36-15-16-56-48-39(36)3-1-6-42(48)57-49(65)33-9-11-38(12-10-33)62-52(68)45-34-7-8-35(29-34)46(45)53(62)69/h1-12,15-16,31,34-35,43,45-46,55H,13-14,17-30,32H2,(H,57,65)(H,58,64,66)/t34-,35?,43?,45-,46+/m1/s1. The first-order valence-electron chi connectivity index (χ1n) is 25.4. The van der Waals surface area contributed by atoms with Crippen LogP contribution in [0.15, 0.2) is 91.3 Å². The van der Waals surface area contributed by atoms with Crippen molar-refractivity contribution < 1.29 is 62.0 Å². The maximum atomic E-state index is 13.4. The first kappa shape index (κ1) is 51.9. The summed E-state index contributed by atoms with van der Waals surface area (Å²) in [7, 11) is 0. The second-order valence-corrected chi connectivity index (χ2v) is 18.8. The highest BCUT2D eigenvalue weighted by atomic mass is 16.6. The summed E-state index contributed by atoms with van der Waals surface area (Å²) >= 11 is 0. The van der Waals surface area contributed by atoms with Crippen LogP contribution < -0.4 is 20.9 Å². The van der Waals surface area contributed by atoms with Crippen LogP contribution in [0.1, 0.15) is 61.6 Å². The fourth-order valence-corrected chi connectivity index (χ4v) is 10.4. The Bertz CT molecular complexity index is 3010. The number of anilines is 3. The van der Waals surface area contributed by atoms with Crippen LogP contribution in [-0.2, 0) is 60.8 Å². The number of piperidine rings is 1. The van der Waals surface area contributed by atoms with Crippen LogP contribution in [0.2, 0.25) is 0 Å². The Balaban J connectivity index is 0.544. The van der Waals surface area contributed by atoms with Gasteiger partial charge < -0.3 is 39.1 Å². The maximum Gasteiger partial charge on any atom is 0.264 e. The monoisotopic (exact) mass is 1040 g/mol. The molecule has 7 amide bonds. The fraction of sp³-hybridized carbons (Fsp3) is 0.407. The van der Waals surface area contributed by atoms with E-state index in [9.17, 15) is 33.6 Å². The summed E-state index contributed by atoms with van der Waals surface area (Å²) in [6.07, 6.45) is 8.64. The minimum absolute atomic E-state index is 0.0533. The molecule has 10 rings (SSSR count). The highest BCUT2D eigenvalue weighted by molar-refractivity contribution is 6.26. The lowest BCUT2D eigenvalue weighted by molar-refractivity contribution is -0.136. The number of rotatable bonds is 27. The van der Waals surface area contributed by atoms with Gasteiger partial charge in [-0.2, -0.15) is 0 Å². The van der Waals surface area contributed by atoms with Crippen LogP contribution in [0.25, 0.3) is 10.9 Å². The van der Waals surface area contributed by atoms with Crippen LogP contribution >= 0.6 is 0 Å². The predicted octanol–water partition coefficient (Wildman–Crippen LogP) is 3.55. The van der Waals surface area contributed by atoms with Crippen LogP contribution in [0.4, 0.5) is 17.1 Å². The SMILES string of the molecule is O=C1CCC(N2C(=O)c3cccc(NCCOCCOCCOCCOCCOCCOCc4cn(Cc5ccnc6c(NC(=O)c7ccc(N8C(=O)[C@@H]9[C@@H]%10C=CC(C%10)[C@@H]9C8=O)cc7)cccc56)nn4)c3C2=O)C(=O)N1. The number of carbonyl (C=O) groups is 7. The summed E-state index contributed by atoms with van der Waals surface area (Å²) < 4.78 is 35.4. The summed E-state index contributed by atoms with van der Waals surface area (Å²) in [4.78, 5) is 97.0. The molecule has 2 aromatic heterocycles. The van der Waals surface area contributed by atoms with Crippen molar-refractivity contribution in [3.63, 3.8) is 0 Å². The van der Waals surface area contributed by atoms with Gasteiger partial charge in [0, 0.05) is 35.8 Å². The molecule has 76 heavy (non-hydrogen) atoms. The molecule has 22 nitrogen and oxygen atoms in total. The number of para-hydroxylation sites is 1. The number of hydrogen-bond donors (Lipinski definition) is 3. The van der Waals surface area contributed by atoms with Crippen LogP contribution in [0, 0.1) is 23.7 Å². The number of aromatic nitrogens is 4. The van der Waals surface area contributed by atoms with Gasteiger partial charge in [0.15, 0.2) is 0 Å². The molecular formula is C54H57N9O13. The summed E-state index contributed by atoms with van der Waals surface area (Å²) in [6, 6.07) is 17.9. The van der Waals surface area contributed by atoms with Gasteiger partial charge in [0.1, 0.15) is 11.7 Å². The molecule has 2 bridgehead atoms. The molecule has 0 spiro atoms. The summed E-state index contributed by atoms with van der Waals surface area (Å²) in [5.41, 5.74) is 4.45. The number of fused-ring (bicyclic) bond motifs is 7. The maximum absolute atomic E-state index is 13.4. The predicted molar refractivity (Wildman–Crippen MR) is 271 cm³/mol. The van der Waals surface area contributed by atoms with Gasteiger partial charge in [0.25, 0.3) is 17.7 Å². The lowest BCUT2D eigenvalue weighted by Crippen LogP contribution is -2.54. The Kier molecular flexibility index (Phi) is 16.3. The zero-order chi connectivity index (χ0) is 52.5. The number of ether oxygens (including phenoxy) is 6. The Labute approximate surface area is 436 Å². The molecule has 3 N–H and O–H groups in total. The third-order valence-corrected chi connectivity index (χ3v) is 14.0. The van der Waals surface area contributed by atoms with Gasteiger partial charge in [-0.05, 0) is 78.8 Å². The lowest BCUT2D eigenvalue weighted by Gasteiger charge is -2.27. The Hall–Kier alpha value is -7.60. The number of imide groups is 3. The van der Waals surface area contributed by atoms with E-state index in [1.54, 1.807) is 59.4 Å². The molecule has 2 unspecified atom stereocenters. The van der Waals surface area contributed by atoms with Gasteiger partial charge in [0.05, 0.1) is 132 Å². The van der Waals surface area contributed by atoms with Crippen molar-refractivity contribution >= 4 is 69.3 Å². The van der Waals surface area contributed by atoms with E-state index in [1.807, 2.05) is 24.4 Å². The number of carbonyl (C=O) groups excluding carboxylic acids is 7. The van der Waals surface area contributed by atoms with E-state index in [1.165, 1.54) is 4.90 Å². The van der Waals surface area contributed by atoms with Crippen LogP contribution in [0.5, 0.6) is 0 Å². The number of allylic oxidation sites excluding steroid dienone is 2. The van der Waals surface area contributed by atoms with E-state index in [2.05, 4.69) is 43.4 Å². The average molecular weight is 1040 g/mol.